The average molecular weight is 199 g/mol. The molecule has 13 heavy (non-hydrogen) atoms. The van der Waals surface area contributed by atoms with Gasteiger partial charge in [-0.05, 0) is 5.92 Å². The molecule has 0 aliphatic carbocycles. The van der Waals surface area contributed by atoms with Crippen molar-refractivity contribution >= 4 is 5.91 Å². The maximum Gasteiger partial charge on any atom is 0.471 e. The van der Waals surface area contributed by atoms with E-state index in [-0.39, 0.29) is 12.5 Å². The van der Waals surface area contributed by atoms with E-state index in [0.717, 1.165) is 0 Å². The van der Waals surface area contributed by atoms with E-state index in [2.05, 4.69) is 0 Å². The molecular formula is C7H12F3NO2. The molecule has 0 aromatic heterocycles. The van der Waals surface area contributed by atoms with Crippen molar-refractivity contribution < 1.29 is 23.1 Å². The number of aliphatic hydroxyl groups excluding tert-OH is 1. The van der Waals surface area contributed by atoms with Gasteiger partial charge in [0.05, 0.1) is 6.10 Å². The number of amides is 1. The van der Waals surface area contributed by atoms with Crippen molar-refractivity contribution in [1.29, 1.82) is 0 Å². The first kappa shape index (κ1) is 12.2. The molecule has 0 fully saturated rings. The van der Waals surface area contributed by atoms with Crippen molar-refractivity contribution in [3.05, 3.63) is 0 Å². The molecule has 1 atom stereocenters. The van der Waals surface area contributed by atoms with Gasteiger partial charge in [0.25, 0.3) is 0 Å². The second kappa shape index (κ2) is 4.45. The lowest BCUT2D eigenvalue weighted by Gasteiger charge is -2.15. The van der Waals surface area contributed by atoms with Gasteiger partial charge in [0.2, 0.25) is 0 Å². The Morgan fingerprint density at radius 2 is 1.92 bits per heavy atom. The predicted octanol–water partition coefficient (Wildman–Crippen LogP) is 0.682. The molecule has 2 N–H and O–H groups in total. The number of hydrogen-bond donors (Lipinski definition) is 2. The number of aliphatic hydroxyl groups is 1. The van der Waals surface area contributed by atoms with E-state index in [9.17, 15) is 18.0 Å². The Hall–Kier alpha value is -0.780. The summed E-state index contributed by atoms with van der Waals surface area (Å²) in [5.41, 5.74) is 0. The molecule has 0 heterocycles. The fraction of sp³-hybridized carbons (Fsp3) is 0.857. The smallest absolute Gasteiger partial charge is 0.391 e. The molecule has 0 radical (unpaired) electrons. The minimum atomic E-state index is -4.88. The third kappa shape index (κ3) is 4.72. The fourth-order valence-corrected chi connectivity index (χ4v) is 0.533. The average Bonchev–Trinajstić information content (AvgIpc) is 1.97. The summed E-state index contributed by atoms with van der Waals surface area (Å²) in [5.74, 6) is -2.21. The fourth-order valence-electron chi connectivity index (χ4n) is 0.533. The monoisotopic (exact) mass is 199 g/mol. The summed E-state index contributed by atoms with van der Waals surface area (Å²) >= 11 is 0. The molecule has 1 amide bonds. The maximum atomic E-state index is 11.6. The lowest BCUT2D eigenvalue weighted by atomic mass is 10.1. The van der Waals surface area contributed by atoms with Crippen LogP contribution in [0.3, 0.4) is 0 Å². The Morgan fingerprint density at radius 1 is 1.46 bits per heavy atom. The highest BCUT2D eigenvalue weighted by Gasteiger charge is 2.38. The standard InChI is InChI=1S/C7H12F3NO2/c1-4(2)5(12)3-11-6(13)7(8,9)10/h4-5,12H,3H2,1-2H3,(H,11,13). The first-order chi connectivity index (χ1) is 5.75. The first-order valence-electron chi connectivity index (χ1n) is 3.78. The molecule has 0 aromatic rings. The van der Waals surface area contributed by atoms with Crippen LogP contribution in [0.15, 0.2) is 0 Å². The minimum absolute atomic E-state index is 0.187. The van der Waals surface area contributed by atoms with Crippen LogP contribution in [0.25, 0.3) is 0 Å². The van der Waals surface area contributed by atoms with E-state index in [0.29, 0.717) is 0 Å². The quantitative estimate of drug-likeness (QED) is 0.702. The zero-order valence-corrected chi connectivity index (χ0v) is 7.35. The zero-order chi connectivity index (χ0) is 10.6. The van der Waals surface area contributed by atoms with E-state index < -0.39 is 18.2 Å². The van der Waals surface area contributed by atoms with Crippen LogP contribution in [-0.2, 0) is 4.79 Å². The number of carbonyl (C=O) groups excluding carboxylic acids is 1. The van der Waals surface area contributed by atoms with Crippen molar-refractivity contribution in [2.75, 3.05) is 6.54 Å². The van der Waals surface area contributed by atoms with E-state index in [4.69, 9.17) is 5.11 Å². The SMILES string of the molecule is CC(C)C(O)CNC(=O)C(F)(F)F. The van der Waals surface area contributed by atoms with Crippen molar-refractivity contribution in [2.24, 2.45) is 5.92 Å². The molecule has 6 heteroatoms. The van der Waals surface area contributed by atoms with Gasteiger partial charge in [-0.1, -0.05) is 13.8 Å². The predicted molar refractivity (Wildman–Crippen MR) is 39.9 cm³/mol. The van der Waals surface area contributed by atoms with Crippen LogP contribution in [0.4, 0.5) is 13.2 Å². The maximum absolute atomic E-state index is 11.6. The second-order valence-electron chi connectivity index (χ2n) is 3.02. The number of hydrogen-bond acceptors (Lipinski definition) is 2. The lowest BCUT2D eigenvalue weighted by molar-refractivity contribution is -0.174. The van der Waals surface area contributed by atoms with E-state index >= 15 is 0 Å². The minimum Gasteiger partial charge on any atom is -0.391 e. The molecule has 0 rings (SSSR count). The van der Waals surface area contributed by atoms with E-state index in [1.54, 1.807) is 19.2 Å². The Labute approximate surface area is 73.9 Å². The molecule has 0 spiro atoms. The van der Waals surface area contributed by atoms with Gasteiger partial charge in [-0.25, -0.2) is 0 Å². The molecule has 0 aliphatic heterocycles. The largest absolute Gasteiger partial charge is 0.471 e. The van der Waals surface area contributed by atoms with Gasteiger partial charge in [-0.15, -0.1) is 0 Å². The Morgan fingerprint density at radius 3 is 2.23 bits per heavy atom. The summed E-state index contributed by atoms with van der Waals surface area (Å²) in [5, 5.41) is 10.6. The van der Waals surface area contributed by atoms with Crippen LogP contribution in [0, 0.1) is 5.92 Å². The van der Waals surface area contributed by atoms with Gasteiger partial charge in [0.15, 0.2) is 0 Å². The van der Waals surface area contributed by atoms with Gasteiger partial charge in [0, 0.05) is 6.54 Å². The number of halogens is 3. The van der Waals surface area contributed by atoms with Crippen LogP contribution in [0.2, 0.25) is 0 Å². The van der Waals surface area contributed by atoms with Crippen molar-refractivity contribution in [1.82, 2.24) is 5.32 Å². The van der Waals surface area contributed by atoms with Crippen molar-refractivity contribution in [3.63, 3.8) is 0 Å². The summed E-state index contributed by atoms with van der Waals surface area (Å²) in [6, 6.07) is 0. The number of carbonyl (C=O) groups is 1. The Bertz CT molecular complexity index is 179. The van der Waals surface area contributed by atoms with Crippen LogP contribution in [0.1, 0.15) is 13.8 Å². The Kier molecular flexibility index (Phi) is 4.19. The summed E-state index contributed by atoms with van der Waals surface area (Å²) in [7, 11) is 0. The molecule has 0 bridgehead atoms. The van der Waals surface area contributed by atoms with Crippen molar-refractivity contribution in [3.8, 4) is 0 Å². The molecule has 0 aliphatic rings. The molecule has 0 saturated heterocycles. The third-order valence-electron chi connectivity index (χ3n) is 1.50. The number of alkyl halides is 3. The van der Waals surface area contributed by atoms with Crippen LogP contribution < -0.4 is 5.32 Å². The van der Waals surface area contributed by atoms with Crippen molar-refractivity contribution in [2.45, 2.75) is 26.1 Å². The Balaban J connectivity index is 3.84. The van der Waals surface area contributed by atoms with Gasteiger partial charge in [0.1, 0.15) is 0 Å². The molecule has 0 aromatic carbocycles. The molecular weight excluding hydrogens is 187 g/mol. The lowest BCUT2D eigenvalue weighted by Crippen LogP contribution is -2.41. The number of rotatable bonds is 3. The summed E-state index contributed by atoms with van der Waals surface area (Å²) in [6.45, 7) is 2.91. The zero-order valence-electron chi connectivity index (χ0n) is 7.35. The molecule has 0 saturated carbocycles. The highest BCUT2D eigenvalue weighted by molar-refractivity contribution is 5.81. The normalized spacial score (nSPS) is 14.4. The first-order valence-corrected chi connectivity index (χ1v) is 3.78. The highest BCUT2D eigenvalue weighted by atomic mass is 19.4. The van der Waals surface area contributed by atoms with E-state index in [1.165, 1.54) is 0 Å². The third-order valence-corrected chi connectivity index (χ3v) is 1.50. The van der Waals surface area contributed by atoms with Gasteiger partial charge < -0.3 is 10.4 Å². The van der Waals surface area contributed by atoms with Crippen LogP contribution in [0.5, 0.6) is 0 Å². The summed E-state index contributed by atoms with van der Waals surface area (Å²) in [6.07, 6.45) is -5.83. The van der Waals surface area contributed by atoms with Gasteiger partial charge in [-0.3, -0.25) is 4.79 Å². The van der Waals surface area contributed by atoms with Crippen LogP contribution >= 0.6 is 0 Å². The van der Waals surface area contributed by atoms with Gasteiger partial charge in [-0.2, -0.15) is 13.2 Å². The molecule has 3 nitrogen and oxygen atoms in total. The highest BCUT2D eigenvalue weighted by Crippen LogP contribution is 2.14. The molecule has 78 valence electrons. The van der Waals surface area contributed by atoms with Crippen LogP contribution in [-0.4, -0.2) is 29.8 Å². The topological polar surface area (TPSA) is 49.3 Å². The second-order valence-corrected chi connectivity index (χ2v) is 3.02. The van der Waals surface area contributed by atoms with Gasteiger partial charge >= 0.3 is 12.1 Å². The summed E-state index contributed by atoms with van der Waals surface area (Å²) in [4.78, 5) is 10.2. The summed E-state index contributed by atoms with van der Waals surface area (Å²) < 4.78 is 34.8. The molecule has 1 unspecified atom stereocenters. The van der Waals surface area contributed by atoms with E-state index in [1.807, 2.05) is 0 Å². The number of nitrogens with one attached hydrogen (secondary N) is 1.